The van der Waals surface area contributed by atoms with E-state index in [1.165, 1.54) is 0 Å². The lowest BCUT2D eigenvalue weighted by molar-refractivity contribution is -0.141. The van der Waals surface area contributed by atoms with Crippen molar-refractivity contribution in [3.63, 3.8) is 0 Å². The largest absolute Gasteiger partial charge is 0.480 e. The number of carbonyl (C=O) groups is 1. The molecule has 1 aliphatic carbocycles. The van der Waals surface area contributed by atoms with Crippen molar-refractivity contribution in [2.75, 3.05) is 7.11 Å². The third-order valence-electron chi connectivity index (χ3n) is 3.15. The summed E-state index contributed by atoms with van der Waals surface area (Å²) < 4.78 is 5.29. The van der Waals surface area contributed by atoms with Crippen LogP contribution in [0.25, 0.3) is 0 Å². The molecule has 1 aliphatic rings. The molecule has 4 heteroatoms. The third kappa shape index (κ3) is 2.25. The van der Waals surface area contributed by atoms with Gasteiger partial charge in [-0.2, -0.15) is 0 Å². The van der Waals surface area contributed by atoms with Crippen LogP contribution in [0.1, 0.15) is 33.1 Å². The van der Waals surface area contributed by atoms with Crippen LogP contribution in [-0.4, -0.2) is 29.8 Å². The van der Waals surface area contributed by atoms with Crippen molar-refractivity contribution in [3.05, 3.63) is 0 Å². The maximum absolute atomic E-state index is 10.8. The van der Waals surface area contributed by atoms with E-state index in [4.69, 9.17) is 15.6 Å². The number of methoxy groups -OCH3 is 1. The van der Waals surface area contributed by atoms with E-state index in [-0.39, 0.29) is 11.0 Å². The van der Waals surface area contributed by atoms with E-state index in [1.807, 2.05) is 13.8 Å². The highest BCUT2D eigenvalue weighted by molar-refractivity contribution is 5.75. The second-order valence-corrected chi connectivity index (χ2v) is 4.82. The van der Waals surface area contributed by atoms with E-state index in [0.717, 1.165) is 12.8 Å². The highest BCUT2D eigenvalue weighted by atomic mass is 16.5. The van der Waals surface area contributed by atoms with Crippen molar-refractivity contribution >= 4 is 5.97 Å². The average Bonchev–Trinajstić information content (AvgIpc) is 2.83. The van der Waals surface area contributed by atoms with Crippen LogP contribution in [0.15, 0.2) is 0 Å². The smallest absolute Gasteiger partial charge is 0.321 e. The van der Waals surface area contributed by atoms with E-state index in [1.54, 1.807) is 7.11 Å². The number of aliphatic carboxylic acids is 1. The van der Waals surface area contributed by atoms with Crippen LogP contribution in [0.3, 0.4) is 0 Å². The average molecular weight is 201 g/mol. The summed E-state index contributed by atoms with van der Waals surface area (Å²) in [5.74, 6) is -0.908. The van der Waals surface area contributed by atoms with Crippen molar-refractivity contribution in [2.45, 2.75) is 44.8 Å². The zero-order valence-electron chi connectivity index (χ0n) is 9.04. The Morgan fingerprint density at radius 2 is 2.14 bits per heavy atom. The van der Waals surface area contributed by atoms with E-state index in [0.29, 0.717) is 6.42 Å². The molecule has 0 aromatic rings. The fourth-order valence-corrected chi connectivity index (χ4v) is 1.94. The topological polar surface area (TPSA) is 72.5 Å². The predicted octanol–water partition coefficient (Wildman–Crippen LogP) is 0.994. The number of carboxylic acids is 1. The van der Waals surface area contributed by atoms with Crippen molar-refractivity contribution in [1.82, 2.24) is 0 Å². The molecule has 1 atom stereocenters. The second-order valence-electron chi connectivity index (χ2n) is 4.82. The summed E-state index contributed by atoms with van der Waals surface area (Å²) in [6, 6.07) is -0.753. The first kappa shape index (κ1) is 11.5. The predicted molar refractivity (Wildman–Crippen MR) is 53.0 cm³/mol. The number of carboxylic acid groups (broad SMARTS) is 1. The molecule has 1 saturated carbocycles. The van der Waals surface area contributed by atoms with E-state index in [9.17, 15) is 4.79 Å². The first-order valence-electron chi connectivity index (χ1n) is 4.87. The van der Waals surface area contributed by atoms with Crippen LogP contribution in [0.5, 0.6) is 0 Å². The maximum atomic E-state index is 10.8. The summed E-state index contributed by atoms with van der Waals surface area (Å²) in [7, 11) is 1.64. The molecule has 82 valence electrons. The molecule has 4 nitrogen and oxygen atoms in total. The van der Waals surface area contributed by atoms with Gasteiger partial charge >= 0.3 is 5.97 Å². The molecule has 1 unspecified atom stereocenters. The molecule has 0 radical (unpaired) electrons. The molecule has 1 fully saturated rings. The summed E-state index contributed by atoms with van der Waals surface area (Å²) in [5, 5.41) is 8.86. The van der Waals surface area contributed by atoms with Gasteiger partial charge in [-0.3, -0.25) is 4.79 Å². The number of rotatable bonds is 5. The third-order valence-corrected chi connectivity index (χ3v) is 3.15. The van der Waals surface area contributed by atoms with E-state index >= 15 is 0 Å². The quantitative estimate of drug-likeness (QED) is 0.695. The van der Waals surface area contributed by atoms with Gasteiger partial charge < -0.3 is 15.6 Å². The molecule has 0 bridgehead atoms. The van der Waals surface area contributed by atoms with Gasteiger partial charge in [-0.1, -0.05) is 0 Å². The van der Waals surface area contributed by atoms with Crippen LogP contribution in [0.2, 0.25) is 0 Å². The Kier molecular flexibility index (Phi) is 2.88. The number of hydrogen-bond acceptors (Lipinski definition) is 3. The van der Waals surface area contributed by atoms with Gasteiger partial charge in [0, 0.05) is 7.11 Å². The van der Waals surface area contributed by atoms with Crippen molar-refractivity contribution in [2.24, 2.45) is 11.1 Å². The lowest BCUT2D eigenvalue weighted by Gasteiger charge is -2.30. The Balaban J connectivity index is 2.64. The molecular weight excluding hydrogens is 182 g/mol. The SMILES string of the molecule is COC(C)(C)CC1(C(N)C(=O)O)CC1. The standard InChI is InChI=1S/C10H19NO3/c1-9(2,14-3)6-10(4-5-10)7(11)8(12)13/h7H,4-6,11H2,1-3H3,(H,12,13). The normalized spacial score (nSPS) is 21.7. The van der Waals surface area contributed by atoms with E-state index < -0.39 is 12.0 Å². The molecule has 0 aromatic carbocycles. The van der Waals surface area contributed by atoms with Crippen LogP contribution in [0, 0.1) is 5.41 Å². The summed E-state index contributed by atoms with van der Waals surface area (Å²) in [6.45, 7) is 3.92. The Labute approximate surface area is 84.4 Å². The molecular formula is C10H19NO3. The second kappa shape index (κ2) is 3.51. The highest BCUT2D eigenvalue weighted by Gasteiger charge is 2.53. The maximum Gasteiger partial charge on any atom is 0.321 e. The van der Waals surface area contributed by atoms with Crippen LogP contribution >= 0.6 is 0 Å². The number of ether oxygens (including phenoxy) is 1. The zero-order chi connectivity index (χ0) is 11.0. The van der Waals surface area contributed by atoms with Crippen LogP contribution < -0.4 is 5.73 Å². The molecule has 0 aromatic heterocycles. The fraction of sp³-hybridized carbons (Fsp3) is 0.900. The Morgan fingerprint density at radius 1 is 1.64 bits per heavy atom. The fourth-order valence-electron chi connectivity index (χ4n) is 1.94. The molecule has 1 rings (SSSR count). The Morgan fingerprint density at radius 3 is 2.43 bits per heavy atom. The first-order chi connectivity index (χ1) is 6.33. The lowest BCUT2D eigenvalue weighted by atomic mass is 9.85. The minimum absolute atomic E-state index is 0.231. The van der Waals surface area contributed by atoms with Crippen molar-refractivity contribution in [1.29, 1.82) is 0 Å². The Hall–Kier alpha value is -0.610. The number of nitrogens with two attached hydrogens (primary N) is 1. The molecule has 3 N–H and O–H groups in total. The molecule has 0 amide bonds. The molecule has 14 heavy (non-hydrogen) atoms. The van der Waals surface area contributed by atoms with Gasteiger partial charge in [-0.25, -0.2) is 0 Å². The summed E-state index contributed by atoms with van der Waals surface area (Å²) in [6.07, 6.45) is 2.50. The minimum atomic E-state index is -0.908. The molecule has 0 heterocycles. The van der Waals surface area contributed by atoms with Gasteiger partial charge in [0.1, 0.15) is 6.04 Å². The van der Waals surface area contributed by atoms with Crippen LogP contribution in [-0.2, 0) is 9.53 Å². The molecule has 0 aliphatic heterocycles. The highest BCUT2D eigenvalue weighted by Crippen LogP contribution is 2.53. The van der Waals surface area contributed by atoms with Crippen molar-refractivity contribution < 1.29 is 14.6 Å². The molecule has 0 spiro atoms. The van der Waals surface area contributed by atoms with Gasteiger partial charge in [0.05, 0.1) is 5.60 Å². The lowest BCUT2D eigenvalue weighted by Crippen LogP contribution is -2.43. The summed E-state index contributed by atoms with van der Waals surface area (Å²) >= 11 is 0. The Bertz CT molecular complexity index is 234. The van der Waals surface area contributed by atoms with Crippen LogP contribution in [0.4, 0.5) is 0 Å². The summed E-state index contributed by atoms with van der Waals surface area (Å²) in [5.41, 5.74) is 5.14. The van der Waals surface area contributed by atoms with Gasteiger partial charge in [-0.15, -0.1) is 0 Å². The number of hydrogen-bond donors (Lipinski definition) is 2. The van der Waals surface area contributed by atoms with E-state index in [2.05, 4.69) is 0 Å². The van der Waals surface area contributed by atoms with Gasteiger partial charge in [-0.05, 0) is 38.5 Å². The van der Waals surface area contributed by atoms with Gasteiger partial charge in [0.2, 0.25) is 0 Å². The van der Waals surface area contributed by atoms with Gasteiger partial charge in [0.15, 0.2) is 0 Å². The van der Waals surface area contributed by atoms with Crippen molar-refractivity contribution in [3.8, 4) is 0 Å². The monoisotopic (exact) mass is 201 g/mol. The zero-order valence-corrected chi connectivity index (χ0v) is 9.04. The minimum Gasteiger partial charge on any atom is -0.480 e. The van der Waals surface area contributed by atoms with Gasteiger partial charge in [0.25, 0.3) is 0 Å². The first-order valence-corrected chi connectivity index (χ1v) is 4.87. The molecule has 0 saturated heterocycles. The summed E-state index contributed by atoms with van der Waals surface area (Å²) in [4.78, 5) is 10.8.